The largest absolute Gasteiger partial charge is 0.487 e. The van der Waals surface area contributed by atoms with Gasteiger partial charge in [-0.3, -0.25) is 0 Å². The third-order valence-electron chi connectivity index (χ3n) is 3.41. The van der Waals surface area contributed by atoms with Crippen LogP contribution in [0.2, 0.25) is 0 Å². The van der Waals surface area contributed by atoms with E-state index in [1.807, 2.05) is 60.1 Å². The van der Waals surface area contributed by atoms with Gasteiger partial charge in [-0.05, 0) is 37.6 Å². The topological polar surface area (TPSA) is 46.8 Å². The fourth-order valence-corrected chi connectivity index (χ4v) is 2.32. The number of aliphatic hydroxyl groups excluding tert-OH is 1. The predicted octanol–water partition coefficient (Wildman–Crippen LogP) is 3.28. The van der Waals surface area contributed by atoms with Gasteiger partial charge in [0.05, 0.1) is 11.8 Å². The van der Waals surface area contributed by atoms with Crippen molar-refractivity contribution in [2.45, 2.75) is 26.6 Å². The fraction of sp³-hybridized carbons (Fsp3) is 0.235. The van der Waals surface area contributed by atoms with E-state index in [-0.39, 0.29) is 0 Å². The monoisotopic (exact) mass is 282 g/mol. The number of ether oxygens (including phenoxy) is 1. The van der Waals surface area contributed by atoms with Crippen LogP contribution in [-0.4, -0.2) is 14.5 Å². The van der Waals surface area contributed by atoms with Crippen molar-refractivity contribution in [1.29, 1.82) is 0 Å². The molecule has 2 aromatic heterocycles. The average Bonchev–Trinajstić information content (AvgIpc) is 2.87. The Labute approximate surface area is 123 Å². The average molecular weight is 282 g/mol. The molecule has 21 heavy (non-hydrogen) atoms. The van der Waals surface area contributed by atoms with Crippen LogP contribution in [0.25, 0.3) is 5.65 Å². The van der Waals surface area contributed by atoms with Gasteiger partial charge < -0.3 is 14.2 Å². The molecule has 0 saturated heterocycles. The highest BCUT2D eigenvalue weighted by molar-refractivity contribution is 5.40. The van der Waals surface area contributed by atoms with Crippen LogP contribution in [0.4, 0.5) is 0 Å². The van der Waals surface area contributed by atoms with Gasteiger partial charge in [-0.25, -0.2) is 4.98 Å². The quantitative estimate of drug-likeness (QED) is 0.799. The lowest BCUT2D eigenvalue weighted by atomic mass is 10.1. The summed E-state index contributed by atoms with van der Waals surface area (Å²) in [5.74, 6) is 0.710. The molecule has 2 heterocycles. The van der Waals surface area contributed by atoms with Crippen molar-refractivity contribution in [2.75, 3.05) is 0 Å². The van der Waals surface area contributed by atoms with Crippen LogP contribution in [0.5, 0.6) is 5.75 Å². The van der Waals surface area contributed by atoms with Gasteiger partial charge in [0.25, 0.3) is 0 Å². The fourth-order valence-electron chi connectivity index (χ4n) is 2.32. The smallest absolute Gasteiger partial charge is 0.137 e. The number of hydrogen-bond acceptors (Lipinski definition) is 3. The van der Waals surface area contributed by atoms with E-state index < -0.39 is 6.10 Å². The first-order valence-corrected chi connectivity index (χ1v) is 6.97. The number of aryl methyl sites for hydroxylation is 1. The second-order valence-corrected chi connectivity index (χ2v) is 5.20. The van der Waals surface area contributed by atoms with Crippen molar-refractivity contribution in [2.24, 2.45) is 0 Å². The molecule has 0 aliphatic rings. The summed E-state index contributed by atoms with van der Waals surface area (Å²) < 4.78 is 7.82. The summed E-state index contributed by atoms with van der Waals surface area (Å²) in [4.78, 5) is 4.50. The normalized spacial score (nSPS) is 12.5. The van der Waals surface area contributed by atoms with Gasteiger partial charge in [-0.1, -0.05) is 18.2 Å². The molecule has 0 radical (unpaired) electrons. The Morgan fingerprint density at radius 1 is 1.29 bits per heavy atom. The van der Waals surface area contributed by atoms with Crippen LogP contribution in [0, 0.1) is 6.92 Å². The zero-order valence-electron chi connectivity index (χ0n) is 12.2. The molecule has 1 unspecified atom stereocenters. The van der Waals surface area contributed by atoms with E-state index in [1.165, 1.54) is 0 Å². The number of aromatic nitrogens is 2. The van der Waals surface area contributed by atoms with Gasteiger partial charge in [0.1, 0.15) is 18.0 Å². The van der Waals surface area contributed by atoms with E-state index in [2.05, 4.69) is 4.98 Å². The second kappa shape index (κ2) is 5.58. The number of rotatable bonds is 4. The van der Waals surface area contributed by atoms with Crippen LogP contribution < -0.4 is 4.74 Å². The van der Waals surface area contributed by atoms with Gasteiger partial charge in [0.2, 0.25) is 0 Å². The number of fused-ring (bicyclic) bond motifs is 1. The molecule has 1 aromatic carbocycles. The predicted molar refractivity (Wildman–Crippen MR) is 81.3 cm³/mol. The zero-order chi connectivity index (χ0) is 14.8. The molecule has 108 valence electrons. The maximum absolute atomic E-state index is 9.81. The molecule has 0 spiro atoms. The molecule has 0 aliphatic carbocycles. The highest BCUT2D eigenvalue weighted by Gasteiger charge is 2.10. The van der Waals surface area contributed by atoms with Crippen LogP contribution >= 0.6 is 0 Å². The molecule has 0 saturated carbocycles. The number of imidazole rings is 1. The maximum Gasteiger partial charge on any atom is 0.137 e. The summed E-state index contributed by atoms with van der Waals surface area (Å²) in [5, 5.41) is 9.81. The first-order valence-electron chi connectivity index (χ1n) is 6.97. The van der Waals surface area contributed by atoms with Gasteiger partial charge in [-0.15, -0.1) is 0 Å². The first-order chi connectivity index (χ1) is 10.1. The molecule has 0 bridgehead atoms. The van der Waals surface area contributed by atoms with Crippen LogP contribution in [0.3, 0.4) is 0 Å². The van der Waals surface area contributed by atoms with Gasteiger partial charge >= 0.3 is 0 Å². The highest BCUT2D eigenvalue weighted by atomic mass is 16.5. The van der Waals surface area contributed by atoms with Crippen molar-refractivity contribution >= 4 is 5.65 Å². The summed E-state index contributed by atoms with van der Waals surface area (Å²) in [6.07, 6.45) is 3.36. The van der Waals surface area contributed by atoms with E-state index in [4.69, 9.17) is 4.74 Å². The molecule has 3 rings (SSSR count). The molecule has 4 nitrogen and oxygen atoms in total. The lowest BCUT2D eigenvalue weighted by Crippen LogP contribution is -2.01. The minimum absolute atomic E-state index is 0.380. The van der Waals surface area contributed by atoms with Crippen molar-refractivity contribution in [3.05, 3.63) is 65.6 Å². The Morgan fingerprint density at radius 3 is 2.90 bits per heavy atom. The Hall–Kier alpha value is -2.33. The summed E-state index contributed by atoms with van der Waals surface area (Å²) in [5.41, 5.74) is 3.66. The van der Waals surface area contributed by atoms with E-state index in [0.717, 1.165) is 22.5 Å². The highest BCUT2D eigenvalue weighted by Crippen LogP contribution is 2.27. The van der Waals surface area contributed by atoms with E-state index in [0.29, 0.717) is 12.4 Å². The Kier molecular flexibility index (Phi) is 3.62. The SMILES string of the molecule is Cc1ccc(C(C)O)c(OCc2cn3ccccc3n2)c1. The van der Waals surface area contributed by atoms with Crippen molar-refractivity contribution in [1.82, 2.24) is 9.38 Å². The standard InChI is InChI=1S/C17H18N2O2/c1-12-6-7-15(13(2)20)16(9-12)21-11-14-10-19-8-4-3-5-17(19)18-14/h3-10,13,20H,11H2,1-2H3. The number of pyridine rings is 1. The van der Waals surface area contributed by atoms with E-state index >= 15 is 0 Å². The zero-order valence-corrected chi connectivity index (χ0v) is 12.2. The summed E-state index contributed by atoms with van der Waals surface area (Å²) in [7, 11) is 0. The number of nitrogens with zero attached hydrogens (tertiary/aromatic N) is 2. The van der Waals surface area contributed by atoms with E-state index in [1.54, 1.807) is 6.92 Å². The second-order valence-electron chi connectivity index (χ2n) is 5.20. The molecular weight excluding hydrogens is 264 g/mol. The molecule has 1 atom stereocenters. The summed E-state index contributed by atoms with van der Waals surface area (Å²) in [6, 6.07) is 11.7. The van der Waals surface area contributed by atoms with Crippen LogP contribution in [0.1, 0.15) is 29.8 Å². The lowest BCUT2D eigenvalue weighted by Gasteiger charge is -2.13. The molecule has 1 N–H and O–H groups in total. The minimum atomic E-state index is -0.554. The summed E-state index contributed by atoms with van der Waals surface area (Å²) >= 11 is 0. The third-order valence-corrected chi connectivity index (χ3v) is 3.41. The Bertz CT molecular complexity index is 729. The molecule has 0 aliphatic heterocycles. The van der Waals surface area contributed by atoms with Crippen molar-refractivity contribution < 1.29 is 9.84 Å². The van der Waals surface area contributed by atoms with Gasteiger partial charge in [-0.2, -0.15) is 0 Å². The molecule has 4 heteroatoms. The Balaban J connectivity index is 1.82. The number of aliphatic hydroxyl groups is 1. The summed E-state index contributed by atoms with van der Waals surface area (Å²) in [6.45, 7) is 4.12. The molecular formula is C17H18N2O2. The molecule has 0 amide bonds. The molecule has 3 aromatic rings. The van der Waals surface area contributed by atoms with Gasteiger partial charge in [0, 0.05) is 18.0 Å². The lowest BCUT2D eigenvalue weighted by molar-refractivity contribution is 0.190. The maximum atomic E-state index is 9.81. The minimum Gasteiger partial charge on any atom is -0.487 e. The number of benzene rings is 1. The molecule has 0 fully saturated rings. The van der Waals surface area contributed by atoms with Crippen LogP contribution in [-0.2, 0) is 6.61 Å². The first kappa shape index (κ1) is 13.6. The number of hydrogen-bond donors (Lipinski definition) is 1. The van der Waals surface area contributed by atoms with Crippen molar-refractivity contribution in [3.8, 4) is 5.75 Å². The third kappa shape index (κ3) is 2.90. The van der Waals surface area contributed by atoms with Gasteiger partial charge in [0.15, 0.2) is 0 Å². The van der Waals surface area contributed by atoms with Crippen molar-refractivity contribution in [3.63, 3.8) is 0 Å². The Morgan fingerprint density at radius 2 is 2.14 bits per heavy atom. The van der Waals surface area contributed by atoms with E-state index in [9.17, 15) is 5.11 Å². The van der Waals surface area contributed by atoms with Crippen LogP contribution in [0.15, 0.2) is 48.8 Å².